The number of nitrogens with zero attached hydrogens (tertiary/aromatic N) is 2. The van der Waals surface area contributed by atoms with Gasteiger partial charge in [0.05, 0.1) is 16.9 Å². The Hall–Kier alpha value is -3.64. The largest absolute Gasteiger partial charge is 0.345 e. The average molecular weight is 405 g/mol. The Morgan fingerprint density at radius 3 is 2.69 bits per heavy atom. The molecule has 4 rings (SSSR count). The van der Waals surface area contributed by atoms with E-state index >= 15 is 0 Å². The second-order valence-electron chi connectivity index (χ2n) is 6.49. The van der Waals surface area contributed by atoms with Gasteiger partial charge in [-0.3, -0.25) is 9.89 Å². The summed E-state index contributed by atoms with van der Waals surface area (Å²) >= 11 is 6.01. The molecule has 4 aromatic rings. The number of rotatable bonds is 3. The number of benzene rings is 3. The highest BCUT2D eigenvalue weighted by molar-refractivity contribution is 6.30. The SMILES string of the molecule is Cc1[nH]n(-c2cccc(Cl)c2)c(=O)c1C=NC(=O)Nc1cccc2ccccc12. The Kier molecular flexibility index (Phi) is 5.01. The van der Waals surface area contributed by atoms with Crippen molar-refractivity contribution in [1.29, 1.82) is 0 Å². The molecule has 6 nitrogen and oxygen atoms in total. The molecule has 0 unspecified atom stereocenters. The third-order valence-corrected chi connectivity index (χ3v) is 4.76. The number of hydrogen-bond acceptors (Lipinski definition) is 2. The van der Waals surface area contributed by atoms with Crippen LogP contribution in [0, 0.1) is 6.92 Å². The molecule has 2 N–H and O–H groups in total. The van der Waals surface area contributed by atoms with Gasteiger partial charge in [0.25, 0.3) is 5.56 Å². The van der Waals surface area contributed by atoms with Crippen LogP contribution in [0.25, 0.3) is 16.5 Å². The first-order chi connectivity index (χ1) is 14.0. The number of carbonyl (C=O) groups is 1. The van der Waals surface area contributed by atoms with E-state index in [0.29, 0.717) is 27.7 Å². The lowest BCUT2D eigenvalue weighted by Gasteiger charge is -2.06. The van der Waals surface area contributed by atoms with Crippen molar-refractivity contribution in [3.8, 4) is 5.69 Å². The monoisotopic (exact) mass is 404 g/mol. The summed E-state index contributed by atoms with van der Waals surface area (Å²) in [7, 11) is 0. The van der Waals surface area contributed by atoms with Gasteiger partial charge in [0.2, 0.25) is 0 Å². The highest BCUT2D eigenvalue weighted by Gasteiger charge is 2.12. The normalized spacial score (nSPS) is 11.2. The third kappa shape index (κ3) is 3.83. The lowest BCUT2D eigenvalue weighted by Crippen LogP contribution is -2.17. The summed E-state index contributed by atoms with van der Waals surface area (Å²) in [5.41, 5.74) is 1.85. The van der Waals surface area contributed by atoms with E-state index in [-0.39, 0.29) is 5.56 Å². The molecule has 144 valence electrons. The molecule has 0 saturated carbocycles. The minimum atomic E-state index is -0.560. The molecule has 29 heavy (non-hydrogen) atoms. The van der Waals surface area contributed by atoms with E-state index in [1.807, 2.05) is 42.5 Å². The van der Waals surface area contributed by atoms with Gasteiger partial charge in [-0.1, -0.05) is 54.1 Å². The molecule has 0 aliphatic rings. The number of aryl methyl sites for hydroxylation is 1. The summed E-state index contributed by atoms with van der Waals surface area (Å²) in [5.74, 6) is 0. The van der Waals surface area contributed by atoms with E-state index < -0.39 is 6.03 Å². The number of aliphatic imine (C=N–C) groups is 1. The number of H-pyrrole nitrogens is 1. The standard InChI is InChI=1S/C22H17ClN4O2/c1-14-19(21(28)27(26-14)17-9-5-8-16(23)12-17)13-24-22(29)25-20-11-4-7-15-6-2-3-10-18(15)20/h2-13,26H,1H3,(H,25,29). The van der Waals surface area contributed by atoms with Gasteiger partial charge < -0.3 is 5.32 Å². The zero-order valence-corrected chi connectivity index (χ0v) is 16.3. The Labute approximate surface area is 171 Å². The minimum Gasteiger partial charge on any atom is -0.305 e. The van der Waals surface area contributed by atoms with E-state index in [1.165, 1.54) is 10.9 Å². The fourth-order valence-electron chi connectivity index (χ4n) is 3.11. The van der Waals surface area contributed by atoms with E-state index in [4.69, 9.17) is 11.6 Å². The maximum absolute atomic E-state index is 12.7. The zero-order chi connectivity index (χ0) is 20.4. The Morgan fingerprint density at radius 2 is 1.86 bits per heavy atom. The molecule has 7 heteroatoms. The predicted octanol–water partition coefficient (Wildman–Crippen LogP) is 4.93. The topological polar surface area (TPSA) is 79.2 Å². The summed E-state index contributed by atoms with van der Waals surface area (Å²) in [6, 6.07) is 19.7. The van der Waals surface area contributed by atoms with Crippen LogP contribution in [0.2, 0.25) is 5.02 Å². The quantitative estimate of drug-likeness (QED) is 0.475. The van der Waals surface area contributed by atoms with Crippen molar-refractivity contribution in [2.24, 2.45) is 4.99 Å². The predicted molar refractivity (Wildman–Crippen MR) is 117 cm³/mol. The lowest BCUT2D eigenvalue weighted by molar-refractivity contribution is 0.259. The Morgan fingerprint density at radius 1 is 1.10 bits per heavy atom. The fourth-order valence-corrected chi connectivity index (χ4v) is 3.30. The third-order valence-electron chi connectivity index (χ3n) is 4.53. The second kappa shape index (κ2) is 7.77. The molecule has 0 aliphatic carbocycles. The molecule has 0 fully saturated rings. The van der Waals surface area contributed by atoms with Gasteiger partial charge in [-0.15, -0.1) is 0 Å². The second-order valence-corrected chi connectivity index (χ2v) is 6.92. The molecule has 0 bridgehead atoms. The molecule has 2 amide bonds. The van der Waals surface area contributed by atoms with Crippen molar-refractivity contribution in [3.05, 3.63) is 93.4 Å². The maximum Gasteiger partial charge on any atom is 0.345 e. The van der Waals surface area contributed by atoms with E-state index in [1.54, 1.807) is 31.2 Å². The van der Waals surface area contributed by atoms with Crippen molar-refractivity contribution in [3.63, 3.8) is 0 Å². The summed E-state index contributed by atoms with van der Waals surface area (Å²) in [6.45, 7) is 1.74. The van der Waals surface area contributed by atoms with Crippen LogP contribution in [0.5, 0.6) is 0 Å². The van der Waals surface area contributed by atoms with E-state index in [2.05, 4.69) is 15.4 Å². The van der Waals surface area contributed by atoms with Crippen molar-refractivity contribution in [2.75, 3.05) is 5.32 Å². The summed E-state index contributed by atoms with van der Waals surface area (Å²) in [5, 5.41) is 8.19. The molecule has 0 aliphatic heterocycles. The lowest BCUT2D eigenvalue weighted by atomic mass is 10.1. The first kappa shape index (κ1) is 18.7. The fraction of sp³-hybridized carbons (Fsp3) is 0.0455. The van der Waals surface area contributed by atoms with Gasteiger partial charge in [0.15, 0.2) is 0 Å². The minimum absolute atomic E-state index is 0.304. The van der Waals surface area contributed by atoms with Gasteiger partial charge >= 0.3 is 6.03 Å². The van der Waals surface area contributed by atoms with Crippen molar-refractivity contribution in [1.82, 2.24) is 9.78 Å². The van der Waals surface area contributed by atoms with E-state index in [0.717, 1.165) is 10.8 Å². The smallest absolute Gasteiger partial charge is 0.305 e. The van der Waals surface area contributed by atoms with Gasteiger partial charge in [-0.25, -0.2) is 14.5 Å². The number of nitrogens with one attached hydrogen (secondary N) is 2. The molecular weight excluding hydrogens is 388 g/mol. The number of hydrogen-bond donors (Lipinski definition) is 2. The molecule has 0 saturated heterocycles. The zero-order valence-electron chi connectivity index (χ0n) is 15.5. The van der Waals surface area contributed by atoms with Gasteiger partial charge in [-0.05, 0) is 36.6 Å². The molecule has 0 spiro atoms. The molecule has 1 aromatic heterocycles. The first-order valence-corrected chi connectivity index (χ1v) is 9.31. The number of aromatic amines is 1. The number of carbonyl (C=O) groups excluding carboxylic acids is 1. The number of amides is 2. The van der Waals surface area contributed by atoms with Crippen molar-refractivity contribution < 1.29 is 4.79 Å². The molecule has 0 radical (unpaired) electrons. The van der Waals surface area contributed by atoms with Crippen LogP contribution in [0.15, 0.2) is 76.5 Å². The summed E-state index contributed by atoms with van der Waals surface area (Å²) in [4.78, 5) is 28.9. The Bertz CT molecular complexity index is 1300. The number of anilines is 1. The first-order valence-electron chi connectivity index (χ1n) is 8.93. The van der Waals surface area contributed by atoms with Gasteiger partial charge in [0, 0.05) is 22.3 Å². The van der Waals surface area contributed by atoms with Crippen LogP contribution < -0.4 is 10.9 Å². The molecule has 3 aromatic carbocycles. The Balaban J connectivity index is 1.59. The number of urea groups is 1. The number of fused-ring (bicyclic) bond motifs is 1. The van der Waals surface area contributed by atoms with Crippen LogP contribution in [0.1, 0.15) is 11.3 Å². The van der Waals surface area contributed by atoms with Crippen LogP contribution in [0.4, 0.5) is 10.5 Å². The van der Waals surface area contributed by atoms with Gasteiger partial charge in [-0.2, -0.15) is 0 Å². The number of aromatic nitrogens is 2. The molecule has 1 heterocycles. The summed E-state index contributed by atoms with van der Waals surface area (Å²) in [6.07, 6.45) is 1.27. The molecule has 0 atom stereocenters. The molecular formula is C22H17ClN4O2. The van der Waals surface area contributed by atoms with Crippen molar-refractivity contribution >= 4 is 40.3 Å². The number of halogens is 1. The summed E-state index contributed by atoms with van der Waals surface area (Å²) < 4.78 is 1.37. The highest BCUT2D eigenvalue weighted by atomic mass is 35.5. The van der Waals surface area contributed by atoms with Crippen molar-refractivity contribution in [2.45, 2.75) is 6.92 Å². The van der Waals surface area contributed by atoms with Gasteiger partial charge in [0.1, 0.15) is 0 Å². The van der Waals surface area contributed by atoms with Crippen LogP contribution in [-0.4, -0.2) is 22.0 Å². The highest BCUT2D eigenvalue weighted by Crippen LogP contribution is 2.23. The maximum atomic E-state index is 12.7. The average Bonchev–Trinajstić information content (AvgIpc) is 3.00. The van der Waals surface area contributed by atoms with Crippen LogP contribution in [0.3, 0.4) is 0 Å². The van der Waals surface area contributed by atoms with E-state index in [9.17, 15) is 9.59 Å². The van der Waals surface area contributed by atoms with Crippen LogP contribution >= 0.6 is 11.6 Å². The van der Waals surface area contributed by atoms with Crippen LogP contribution in [-0.2, 0) is 0 Å².